The van der Waals surface area contributed by atoms with Crippen LogP contribution < -0.4 is 11.1 Å². The zero-order valence-corrected chi connectivity index (χ0v) is 13.3. The highest BCUT2D eigenvalue weighted by molar-refractivity contribution is 7.98. The third-order valence-electron chi connectivity index (χ3n) is 2.94. The first-order valence-corrected chi connectivity index (χ1v) is 8.04. The fourth-order valence-electron chi connectivity index (χ4n) is 1.85. The molecule has 0 radical (unpaired) electrons. The molecule has 21 heavy (non-hydrogen) atoms. The Labute approximate surface area is 133 Å². The molecule has 2 aromatic carbocycles. The fraction of sp³-hybridized carbons (Fsp3) is 0.125. The first kappa shape index (κ1) is 15.5. The second kappa shape index (κ2) is 7.24. The van der Waals surface area contributed by atoms with Gasteiger partial charge < -0.3 is 11.1 Å². The van der Waals surface area contributed by atoms with Gasteiger partial charge in [0.15, 0.2) is 0 Å². The van der Waals surface area contributed by atoms with E-state index in [4.69, 9.17) is 18.0 Å². The Hall–Kier alpha value is -1.85. The minimum Gasteiger partial charge on any atom is -0.393 e. The van der Waals surface area contributed by atoms with Gasteiger partial charge in [-0.05, 0) is 48.2 Å². The largest absolute Gasteiger partial charge is 0.393 e. The maximum Gasteiger partial charge on any atom is 0.255 e. The van der Waals surface area contributed by atoms with Gasteiger partial charge in [0.25, 0.3) is 5.91 Å². The van der Waals surface area contributed by atoms with Gasteiger partial charge in [-0.15, -0.1) is 11.8 Å². The highest BCUT2D eigenvalue weighted by Crippen LogP contribution is 2.16. The number of hydrogen-bond donors (Lipinski definition) is 2. The standard InChI is InChI=1S/C16H16N2OS2/c1-21-14-8-4-12(5-9-14)16(19)18-13-6-2-11(3-7-13)10-15(17)20/h2-9H,10H2,1H3,(H2,17,20)(H,18,19). The van der Waals surface area contributed by atoms with Crippen molar-refractivity contribution in [3.05, 3.63) is 59.7 Å². The van der Waals surface area contributed by atoms with Crippen molar-refractivity contribution >= 4 is 40.6 Å². The number of carbonyl (C=O) groups is 1. The number of nitrogens with two attached hydrogens (primary N) is 1. The van der Waals surface area contributed by atoms with E-state index < -0.39 is 0 Å². The van der Waals surface area contributed by atoms with Crippen molar-refractivity contribution in [2.75, 3.05) is 11.6 Å². The van der Waals surface area contributed by atoms with Crippen molar-refractivity contribution in [3.63, 3.8) is 0 Å². The number of anilines is 1. The summed E-state index contributed by atoms with van der Waals surface area (Å²) in [5.41, 5.74) is 7.92. The molecule has 0 aliphatic rings. The molecule has 0 saturated heterocycles. The smallest absolute Gasteiger partial charge is 0.255 e. The summed E-state index contributed by atoms with van der Waals surface area (Å²) in [6.45, 7) is 0. The molecule has 0 unspecified atom stereocenters. The third kappa shape index (κ3) is 4.58. The van der Waals surface area contributed by atoms with Gasteiger partial charge >= 0.3 is 0 Å². The highest BCUT2D eigenvalue weighted by atomic mass is 32.2. The van der Waals surface area contributed by atoms with E-state index in [0.29, 0.717) is 17.0 Å². The first-order valence-electron chi connectivity index (χ1n) is 6.41. The molecule has 0 fully saturated rings. The second-order valence-electron chi connectivity index (χ2n) is 4.52. The van der Waals surface area contributed by atoms with Crippen molar-refractivity contribution in [2.24, 2.45) is 5.73 Å². The van der Waals surface area contributed by atoms with E-state index in [9.17, 15) is 4.79 Å². The molecule has 2 rings (SSSR count). The molecular weight excluding hydrogens is 300 g/mol. The molecule has 2 aromatic rings. The Kier molecular flexibility index (Phi) is 5.36. The second-order valence-corrected chi connectivity index (χ2v) is 5.93. The van der Waals surface area contributed by atoms with E-state index in [1.165, 1.54) is 0 Å². The van der Waals surface area contributed by atoms with Crippen molar-refractivity contribution in [1.29, 1.82) is 0 Å². The minimum atomic E-state index is -0.121. The number of amides is 1. The van der Waals surface area contributed by atoms with E-state index >= 15 is 0 Å². The highest BCUT2D eigenvalue weighted by Gasteiger charge is 2.06. The van der Waals surface area contributed by atoms with Crippen LogP contribution in [0.1, 0.15) is 15.9 Å². The van der Waals surface area contributed by atoms with Crippen LogP contribution >= 0.6 is 24.0 Å². The normalized spacial score (nSPS) is 10.1. The number of carbonyl (C=O) groups excluding carboxylic acids is 1. The lowest BCUT2D eigenvalue weighted by atomic mass is 10.1. The van der Waals surface area contributed by atoms with Gasteiger partial charge in [0.2, 0.25) is 0 Å². The van der Waals surface area contributed by atoms with Crippen molar-refractivity contribution < 1.29 is 4.79 Å². The topological polar surface area (TPSA) is 55.1 Å². The van der Waals surface area contributed by atoms with Crippen LogP contribution in [0, 0.1) is 0 Å². The maximum absolute atomic E-state index is 12.1. The molecule has 0 bridgehead atoms. The average Bonchev–Trinajstić information content (AvgIpc) is 2.49. The number of hydrogen-bond acceptors (Lipinski definition) is 3. The van der Waals surface area contributed by atoms with Crippen LogP contribution in [0.15, 0.2) is 53.4 Å². The third-order valence-corrected chi connectivity index (χ3v) is 3.83. The van der Waals surface area contributed by atoms with Gasteiger partial charge in [0.05, 0.1) is 4.99 Å². The number of rotatable bonds is 5. The van der Waals surface area contributed by atoms with E-state index in [1.54, 1.807) is 11.8 Å². The molecule has 0 aromatic heterocycles. The predicted molar refractivity (Wildman–Crippen MR) is 93.1 cm³/mol. The van der Waals surface area contributed by atoms with Gasteiger partial charge in [-0.2, -0.15) is 0 Å². The lowest BCUT2D eigenvalue weighted by Crippen LogP contribution is -2.12. The van der Waals surface area contributed by atoms with Gasteiger partial charge in [-0.1, -0.05) is 24.4 Å². The number of nitrogens with one attached hydrogen (secondary N) is 1. The zero-order chi connectivity index (χ0) is 15.2. The fourth-order valence-corrected chi connectivity index (χ4v) is 2.43. The molecule has 3 nitrogen and oxygen atoms in total. The molecule has 0 spiro atoms. The summed E-state index contributed by atoms with van der Waals surface area (Å²) in [5, 5.41) is 2.87. The zero-order valence-electron chi connectivity index (χ0n) is 11.6. The van der Waals surface area contributed by atoms with Crippen LogP contribution in [0.2, 0.25) is 0 Å². The SMILES string of the molecule is CSc1ccc(C(=O)Nc2ccc(CC(N)=S)cc2)cc1. The Balaban J connectivity index is 2.03. The van der Waals surface area contributed by atoms with Crippen LogP contribution in [0.4, 0.5) is 5.69 Å². The van der Waals surface area contributed by atoms with Gasteiger partial charge in [-0.25, -0.2) is 0 Å². The monoisotopic (exact) mass is 316 g/mol. The molecular formula is C16H16N2OS2. The number of thioether (sulfide) groups is 1. The summed E-state index contributed by atoms with van der Waals surface area (Å²) < 4.78 is 0. The van der Waals surface area contributed by atoms with Crippen LogP contribution in [0.25, 0.3) is 0 Å². The van der Waals surface area contributed by atoms with Crippen molar-refractivity contribution in [1.82, 2.24) is 0 Å². The molecule has 5 heteroatoms. The predicted octanol–water partition coefficient (Wildman–Crippen LogP) is 3.49. The van der Waals surface area contributed by atoms with Crippen LogP contribution in [0.3, 0.4) is 0 Å². The molecule has 1 amide bonds. The van der Waals surface area contributed by atoms with Crippen molar-refractivity contribution in [3.8, 4) is 0 Å². The molecule has 108 valence electrons. The summed E-state index contributed by atoms with van der Waals surface area (Å²) >= 11 is 6.52. The Morgan fingerprint density at radius 3 is 2.29 bits per heavy atom. The first-order chi connectivity index (χ1) is 10.1. The number of thiocarbonyl (C=S) groups is 1. The Bertz CT molecular complexity index is 636. The minimum absolute atomic E-state index is 0.121. The summed E-state index contributed by atoms with van der Waals surface area (Å²) in [7, 11) is 0. The summed E-state index contributed by atoms with van der Waals surface area (Å²) in [5.74, 6) is -0.121. The van der Waals surface area contributed by atoms with Gasteiger partial charge in [0, 0.05) is 22.6 Å². The number of benzene rings is 2. The van der Waals surface area contributed by atoms with E-state index in [1.807, 2.05) is 54.8 Å². The van der Waals surface area contributed by atoms with Crippen LogP contribution in [-0.2, 0) is 6.42 Å². The Morgan fingerprint density at radius 2 is 1.76 bits per heavy atom. The van der Waals surface area contributed by atoms with Gasteiger partial charge in [0.1, 0.15) is 0 Å². The lowest BCUT2D eigenvalue weighted by molar-refractivity contribution is 0.102. The maximum atomic E-state index is 12.1. The van der Waals surface area contributed by atoms with Crippen molar-refractivity contribution in [2.45, 2.75) is 11.3 Å². The molecule has 0 aliphatic carbocycles. The van der Waals surface area contributed by atoms with Gasteiger partial charge in [-0.3, -0.25) is 4.79 Å². The average molecular weight is 316 g/mol. The van der Waals surface area contributed by atoms with Crippen LogP contribution in [0.5, 0.6) is 0 Å². The molecule has 0 heterocycles. The van der Waals surface area contributed by atoms with Crippen LogP contribution in [-0.4, -0.2) is 17.2 Å². The summed E-state index contributed by atoms with van der Waals surface area (Å²) in [6.07, 6.45) is 2.57. The molecule has 0 saturated carbocycles. The summed E-state index contributed by atoms with van der Waals surface area (Å²) in [6, 6.07) is 15.0. The molecule has 0 aliphatic heterocycles. The van der Waals surface area contributed by atoms with E-state index in [-0.39, 0.29) is 5.91 Å². The molecule has 0 atom stereocenters. The van der Waals surface area contributed by atoms with E-state index in [0.717, 1.165) is 16.1 Å². The quantitative estimate of drug-likeness (QED) is 0.655. The summed E-state index contributed by atoms with van der Waals surface area (Å²) in [4.78, 5) is 13.7. The Morgan fingerprint density at radius 1 is 1.14 bits per heavy atom. The van der Waals surface area contributed by atoms with E-state index in [2.05, 4.69) is 5.32 Å². The lowest BCUT2D eigenvalue weighted by Gasteiger charge is -2.07. The molecule has 3 N–H and O–H groups in total.